The van der Waals surface area contributed by atoms with E-state index in [4.69, 9.17) is 0 Å². The molecule has 0 aliphatic carbocycles. The lowest BCUT2D eigenvalue weighted by atomic mass is 10.2. The van der Waals surface area contributed by atoms with Gasteiger partial charge in [0.25, 0.3) is 0 Å². The van der Waals surface area contributed by atoms with Gasteiger partial charge in [-0.1, -0.05) is 18.2 Å². The van der Waals surface area contributed by atoms with Gasteiger partial charge >= 0.3 is 0 Å². The lowest BCUT2D eigenvalue weighted by Gasteiger charge is -2.22. The van der Waals surface area contributed by atoms with E-state index in [0.717, 1.165) is 31.3 Å². The number of benzene rings is 1. The third-order valence-corrected chi connectivity index (χ3v) is 5.26. The van der Waals surface area contributed by atoms with Crippen molar-refractivity contribution >= 4 is 47.6 Å². The van der Waals surface area contributed by atoms with Crippen molar-refractivity contribution in [2.75, 3.05) is 46.0 Å². The monoisotopic (exact) mass is 476 g/mol. The van der Waals surface area contributed by atoms with Gasteiger partial charge in [0.1, 0.15) is 6.54 Å². The second kappa shape index (κ2) is 11.6. The molecule has 1 aromatic rings. The highest BCUT2D eigenvalue weighted by Gasteiger charge is 2.25. The predicted molar refractivity (Wildman–Crippen MR) is 117 cm³/mol. The van der Waals surface area contributed by atoms with Gasteiger partial charge in [0.15, 0.2) is 5.96 Å². The summed E-state index contributed by atoms with van der Waals surface area (Å²) in [6.45, 7) is 5.08. The second-order valence-electron chi connectivity index (χ2n) is 6.18. The largest absolute Gasteiger partial charge is 0.357 e. The van der Waals surface area contributed by atoms with Crippen LogP contribution >= 0.6 is 35.7 Å². The molecule has 5 nitrogen and oxygen atoms in total. The van der Waals surface area contributed by atoms with Gasteiger partial charge in [0, 0.05) is 44.4 Å². The fraction of sp³-hybridized carbons (Fsp3) is 0.556. The summed E-state index contributed by atoms with van der Waals surface area (Å²) in [6, 6.07) is 10.5. The molecular formula is C18H29IN4OS. The Morgan fingerprint density at radius 1 is 1.36 bits per heavy atom. The Labute approximate surface area is 172 Å². The number of carbonyl (C=O) groups is 1. The number of likely N-dealkylation sites (tertiary alicyclic amines) is 1. The van der Waals surface area contributed by atoms with E-state index in [2.05, 4.69) is 52.5 Å². The Bertz CT molecular complexity index is 553. The fourth-order valence-corrected chi connectivity index (χ4v) is 3.65. The number of aliphatic imine (C=N–C) groups is 1. The van der Waals surface area contributed by atoms with Crippen LogP contribution in [0.15, 0.2) is 40.2 Å². The van der Waals surface area contributed by atoms with E-state index in [-0.39, 0.29) is 36.4 Å². The lowest BCUT2D eigenvalue weighted by Crippen LogP contribution is -2.41. The molecule has 1 atom stereocenters. The summed E-state index contributed by atoms with van der Waals surface area (Å²) in [6.07, 6.45) is 1.17. The number of amides is 1. The highest BCUT2D eigenvalue weighted by molar-refractivity contribution is 14.0. The van der Waals surface area contributed by atoms with E-state index in [1.807, 2.05) is 11.8 Å². The van der Waals surface area contributed by atoms with Crippen molar-refractivity contribution in [3.8, 4) is 0 Å². The fourth-order valence-electron chi connectivity index (χ4n) is 2.60. The summed E-state index contributed by atoms with van der Waals surface area (Å²) in [5.74, 6) is 2.67. The van der Waals surface area contributed by atoms with Crippen LogP contribution in [0.25, 0.3) is 0 Å². The maximum atomic E-state index is 11.8. The molecule has 0 aromatic heterocycles. The van der Waals surface area contributed by atoms with Gasteiger partial charge < -0.3 is 15.1 Å². The Morgan fingerprint density at radius 3 is 2.72 bits per heavy atom. The van der Waals surface area contributed by atoms with Gasteiger partial charge in [-0.2, -0.15) is 0 Å². The number of hydrogen-bond donors (Lipinski definition) is 1. The van der Waals surface area contributed by atoms with Crippen molar-refractivity contribution in [3.05, 3.63) is 30.3 Å². The van der Waals surface area contributed by atoms with Crippen molar-refractivity contribution < 1.29 is 4.79 Å². The molecule has 1 aromatic carbocycles. The van der Waals surface area contributed by atoms with E-state index in [1.165, 1.54) is 11.3 Å². The van der Waals surface area contributed by atoms with Gasteiger partial charge in [0.2, 0.25) is 5.91 Å². The van der Waals surface area contributed by atoms with Crippen molar-refractivity contribution in [1.82, 2.24) is 15.1 Å². The minimum Gasteiger partial charge on any atom is -0.357 e. The van der Waals surface area contributed by atoms with E-state index in [1.54, 1.807) is 19.0 Å². The molecule has 1 N–H and O–H groups in total. The highest BCUT2D eigenvalue weighted by atomic mass is 127. The van der Waals surface area contributed by atoms with Crippen LogP contribution < -0.4 is 5.32 Å². The topological polar surface area (TPSA) is 47.9 Å². The third kappa shape index (κ3) is 7.43. The number of rotatable bonds is 6. The molecule has 7 heteroatoms. The Hall–Kier alpha value is -0.960. The van der Waals surface area contributed by atoms with Gasteiger partial charge in [-0.05, 0) is 31.4 Å². The average Bonchev–Trinajstić information content (AvgIpc) is 3.06. The molecule has 1 aliphatic heterocycles. The van der Waals surface area contributed by atoms with E-state index in [9.17, 15) is 4.79 Å². The predicted octanol–water partition coefficient (Wildman–Crippen LogP) is 2.77. The van der Waals surface area contributed by atoms with Gasteiger partial charge in [-0.25, -0.2) is 4.99 Å². The second-order valence-corrected chi connectivity index (χ2v) is 7.28. The van der Waals surface area contributed by atoms with Crippen LogP contribution in [0.5, 0.6) is 0 Å². The molecule has 25 heavy (non-hydrogen) atoms. The minimum absolute atomic E-state index is 0. The number of thioether (sulfide) groups is 1. The molecular weight excluding hydrogens is 447 g/mol. The smallest absolute Gasteiger partial charge is 0.243 e. The SMILES string of the molecule is CCNC(=NCC(=O)N(C)C)N1CCC(CSc2ccccc2)C1.I. The summed E-state index contributed by atoms with van der Waals surface area (Å²) in [5, 5.41) is 3.31. The van der Waals surface area contributed by atoms with Crippen LogP contribution in [0.1, 0.15) is 13.3 Å². The molecule has 1 aliphatic rings. The molecule has 1 amide bonds. The molecule has 0 radical (unpaired) electrons. The summed E-state index contributed by atoms with van der Waals surface area (Å²) in [4.78, 5) is 21.4. The first-order valence-electron chi connectivity index (χ1n) is 8.51. The minimum atomic E-state index is 0. The van der Waals surface area contributed by atoms with Crippen LogP contribution in [0.3, 0.4) is 0 Å². The number of hydrogen-bond acceptors (Lipinski definition) is 3. The van der Waals surface area contributed by atoms with Gasteiger partial charge in [0.05, 0.1) is 0 Å². The van der Waals surface area contributed by atoms with Crippen molar-refractivity contribution in [2.24, 2.45) is 10.9 Å². The number of nitrogens with zero attached hydrogens (tertiary/aromatic N) is 3. The lowest BCUT2D eigenvalue weighted by molar-refractivity contribution is -0.127. The Morgan fingerprint density at radius 2 is 2.08 bits per heavy atom. The average molecular weight is 476 g/mol. The maximum absolute atomic E-state index is 11.8. The van der Waals surface area contributed by atoms with Crippen LogP contribution in [-0.2, 0) is 4.79 Å². The third-order valence-electron chi connectivity index (χ3n) is 4.01. The summed E-state index contributed by atoms with van der Waals surface area (Å²) in [5.41, 5.74) is 0. The maximum Gasteiger partial charge on any atom is 0.243 e. The zero-order valence-electron chi connectivity index (χ0n) is 15.3. The van der Waals surface area contributed by atoms with Gasteiger partial charge in [-0.15, -0.1) is 35.7 Å². The van der Waals surface area contributed by atoms with Crippen LogP contribution in [0.4, 0.5) is 0 Å². The molecule has 1 fully saturated rings. The number of carbonyl (C=O) groups excluding carboxylic acids is 1. The highest BCUT2D eigenvalue weighted by Crippen LogP contribution is 2.25. The molecule has 2 rings (SSSR count). The number of likely N-dealkylation sites (N-methyl/N-ethyl adjacent to an activating group) is 1. The van der Waals surface area contributed by atoms with Crippen molar-refractivity contribution in [1.29, 1.82) is 0 Å². The zero-order chi connectivity index (χ0) is 17.4. The molecule has 1 saturated heterocycles. The normalized spacial score (nSPS) is 17.2. The van der Waals surface area contributed by atoms with Crippen LogP contribution in [0.2, 0.25) is 0 Å². The summed E-state index contributed by atoms with van der Waals surface area (Å²) < 4.78 is 0. The standard InChI is InChI=1S/C18H28N4OS.HI/c1-4-19-18(20-12-17(23)21(2)3)22-11-10-15(13-22)14-24-16-8-6-5-7-9-16;/h5-9,15H,4,10-14H2,1-3H3,(H,19,20);1H. The van der Waals surface area contributed by atoms with Gasteiger partial charge in [-0.3, -0.25) is 4.79 Å². The van der Waals surface area contributed by atoms with Crippen LogP contribution in [-0.4, -0.2) is 67.7 Å². The Kier molecular flexibility index (Phi) is 10.3. The van der Waals surface area contributed by atoms with E-state index in [0.29, 0.717) is 5.92 Å². The quantitative estimate of drug-likeness (QED) is 0.297. The molecule has 0 bridgehead atoms. The first-order chi connectivity index (χ1) is 11.6. The molecule has 0 saturated carbocycles. The number of guanidine groups is 1. The molecule has 1 heterocycles. The van der Waals surface area contributed by atoms with Crippen LogP contribution in [0, 0.1) is 5.92 Å². The number of halogens is 1. The Balaban J connectivity index is 0.00000312. The summed E-state index contributed by atoms with van der Waals surface area (Å²) >= 11 is 1.92. The first kappa shape index (κ1) is 22.1. The molecule has 140 valence electrons. The van der Waals surface area contributed by atoms with E-state index < -0.39 is 0 Å². The van der Waals surface area contributed by atoms with Crippen molar-refractivity contribution in [2.45, 2.75) is 18.2 Å². The molecule has 0 spiro atoms. The van der Waals surface area contributed by atoms with Crippen molar-refractivity contribution in [3.63, 3.8) is 0 Å². The number of nitrogens with one attached hydrogen (secondary N) is 1. The summed E-state index contributed by atoms with van der Waals surface area (Å²) in [7, 11) is 3.52. The zero-order valence-corrected chi connectivity index (χ0v) is 18.4. The molecule has 1 unspecified atom stereocenters. The first-order valence-corrected chi connectivity index (χ1v) is 9.50. The van der Waals surface area contributed by atoms with E-state index >= 15 is 0 Å².